The first-order chi connectivity index (χ1) is 7.92. The van der Waals surface area contributed by atoms with Crippen molar-refractivity contribution in [2.45, 2.75) is 32.2 Å². The molecule has 106 valence electrons. The van der Waals surface area contributed by atoms with Crippen LogP contribution < -0.4 is 5.32 Å². The van der Waals surface area contributed by atoms with E-state index in [4.69, 9.17) is 0 Å². The van der Waals surface area contributed by atoms with Crippen LogP contribution in [0.5, 0.6) is 0 Å². The monoisotopic (exact) mass is 293 g/mol. The van der Waals surface area contributed by atoms with Gasteiger partial charge in [-0.25, -0.2) is 0 Å². The van der Waals surface area contributed by atoms with Crippen LogP contribution in [0.25, 0.3) is 0 Å². The molecule has 1 aliphatic rings. The molecule has 0 aliphatic carbocycles. The van der Waals surface area contributed by atoms with E-state index in [9.17, 15) is 0 Å². The second kappa shape index (κ2) is 9.68. The fourth-order valence-corrected chi connectivity index (χ4v) is 2.48. The minimum absolute atomic E-state index is 0. The Labute approximate surface area is 123 Å². The summed E-state index contributed by atoms with van der Waals surface area (Å²) >= 11 is 0. The highest BCUT2D eigenvalue weighted by Gasteiger charge is 2.21. The number of aromatic amines is 1. The number of hydrogen-bond acceptors (Lipinski definition) is 2. The van der Waals surface area contributed by atoms with Crippen LogP contribution in [0.2, 0.25) is 0 Å². The highest BCUT2D eigenvalue weighted by molar-refractivity contribution is 5.85. The van der Waals surface area contributed by atoms with Gasteiger partial charge in [0.1, 0.15) is 0 Å². The maximum Gasteiger partial charge on any atom is 0.0499 e. The highest BCUT2D eigenvalue weighted by atomic mass is 35.5. The third kappa shape index (κ3) is 4.81. The molecule has 2 N–H and O–H groups in total. The smallest absolute Gasteiger partial charge is 0.0499 e. The summed E-state index contributed by atoms with van der Waals surface area (Å²) < 4.78 is 0. The Morgan fingerprint density at radius 1 is 1.28 bits per heavy atom. The van der Waals surface area contributed by atoms with Gasteiger partial charge in [0.05, 0.1) is 0 Å². The third-order valence-electron chi connectivity index (χ3n) is 3.40. The number of hydrogen-bond donors (Lipinski definition) is 2. The van der Waals surface area contributed by atoms with E-state index in [1.807, 2.05) is 6.20 Å². The van der Waals surface area contributed by atoms with Crippen LogP contribution in [0, 0.1) is 0 Å². The number of halogens is 2. The molecular formula is C13H25Cl2N3. The lowest BCUT2D eigenvalue weighted by Crippen LogP contribution is -2.45. The first kappa shape index (κ1) is 17.8. The minimum atomic E-state index is 0. The number of unbranched alkanes of at least 4 members (excludes halogenated alkanes) is 1. The molecule has 5 heteroatoms. The summed E-state index contributed by atoms with van der Waals surface area (Å²) in [5.41, 5.74) is 1.38. The lowest BCUT2D eigenvalue weighted by Gasteiger charge is -2.34. The van der Waals surface area contributed by atoms with Crippen molar-refractivity contribution in [2.75, 3.05) is 26.2 Å². The lowest BCUT2D eigenvalue weighted by molar-refractivity contribution is 0.160. The molecule has 1 fully saturated rings. The maximum absolute atomic E-state index is 3.42. The van der Waals surface area contributed by atoms with Gasteiger partial charge in [-0.1, -0.05) is 19.8 Å². The fraction of sp³-hybridized carbons (Fsp3) is 0.692. The van der Waals surface area contributed by atoms with Crippen LogP contribution in [0.4, 0.5) is 0 Å². The van der Waals surface area contributed by atoms with Crippen molar-refractivity contribution in [1.29, 1.82) is 0 Å². The number of H-pyrrole nitrogens is 1. The normalized spacial score (nSPS) is 17.6. The number of nitrogens with one attached hydrogen (secondary N) is 2. The SMILES string of the molecule is CCCC[C@@H](c1ccc[nH]1)N1CCNCC1.Cl.Cl. The van der Waals surface area contributed by atoms with Crippen molar-refractivity contribution in [1.82, 2.24) is 15.2 Å². The maximum atomic E-state index is 3.42. The Kier molecular flexibility index (Phi) is 9.56. The average molecular weight is 294 g/mol. The van der Waals surface area contributed by atoms with Gasteiger partial charge in [0, 0.05) is 44.1 Å². The van der Waals surface area contributed by atoms with Crippen molar-refractivity contribution < 1.29 is 0 Å². The first-order valence-electron chi connectivity index (χ1n) is 6.50. The predicted molar refractivity (Wildman–Crippen MR) is 82.0 cm³/mol. The number of aromatic nitrogens is 1. The van der Waals surface area contributed by atoms with Crippen molar-refractivity contribution in [3.8, 4) is 0 Å². The Bertz CT molecular complexity index is 284. The molecule has 0 aromatic carbocycles. The van der Waals surface area contributed by atoms with E-state index >= 15 is 0 Å². The van der Waals surface area contributed by atoms with Crippen molar-refractivity contribution in [3.63, 3.8) is 0 Å². The van der Waals surface area contributed by atoms with E-state index in [0.717, 1.165) is 13.1 Å². The Hall–Kier alpha value is -0.220. The molecule has 0 spiro atoms. The quantitative estimate of drug-likeness (QED) is 0.874. The Balaban J connectivity index is 0.00000144. The predicted octanol–water partition coefficient (Wildman–Crippen LogP) is 2.99. The molecule has 0 unspecified atom stereocenters. The molecule has 0 bridgehead atoms. The molecule has 2 heterocycles. The number of piperazine rings is 1. The molecule has 1 aromatic rings. The largest absolute Gasteiger partial charge is 0.364 e. The van der Waals surface area contributed by atoms with Gasteiger partial charge in [0.2, 0.25) is 0 Å². The van der Waals surface area contributed by atoms with E-state index < -0.39 is 0 Å². The molecule has 0 saturated carbocycles. The second-order valence-corrected chi connectivity index (χ2v) is 4.57. The van der Waals surface area contributed by atoms with E-state index in [1.54, 1.807) is 0 Å². The van der Waals surface area contributed by atoms with Crippen molar-refractivity contribution in [2.24, 2.45) is 0 Å². The zero-order valence-corrected chi connectivity index (χ0v) is 12.7. The van der Waals surface area contributed by atoms with Gasteiger partial charge in [0.15, 0.2) is 0 Å². The van der Waals surface area contributed by atoms with E-state index in [0.29, 0.717) is 6.04 Å². The standard InChI is InChI=1S/C13H23N3.2ClH/c1-2-3-6-13(12-5-4-7-15-12)16-10-8-14-9-11-16;;/h4-5,7,13-15H,2-3,6,8-11H2,1H3;2*1H/t13-;;/m0../s1. The summed E-state index contributed by atoms with van der Waals surface area (Å²) in [4.78, 5) is 5.99. The van der Waals surface area contributed by atoms with Gasteiger partial charge in [-0.2, -0.15) is 0 Å². The highest BCUT2D eigenvalue weighted by Crippen LogP contribution is 2.25. The summed E-state index contributed by atoms with van der Waals surface area (Å²) in [5.74, 6) is 0. The second-order valence-electron chi connectivity index (χ2n) is 4.57. The van der Waals surface area contributed by atoms with Gasteiger partial charge in [-0.05, 0) is 18.6 Å². The molecule has 1 aromatic heterocycles. The summed E-state index contributed by atoms with van der Waals surface area (Å²) in [7, 11) is 0. The van der Waals surface area contributed by atoms with Crippen LogP contribution >= 0.6 is 24.8 Å². The Morgan fingerprint density at radius 3 is 2.56 bits per heavy atom. The molecule has 1 aliphatic heterocycles. The van der Waals surface area contributed by atoms with Crippen LogP contribution in [-0.2, 0) is 0 Å². The molecule has 0 radical (unpaired) electrons. The van der Waals surface area contributed by atoms with E-state index in [2.05, 4.69) is 34.3 Å². The topological polar surface area (TPSA) is 31.1 Å². The fourth-order valence-electron chi connectivity index (χ4n) is 2.48. The van der Waals surface area contributed by atoms with Crippen LogP contribution in [-0.4, -0.2) is 36.1 Å². The molecule has 0 amide bonds. The van der Waals surface area contributed by atoms with E-state index in [1.165, 1.54) is 38.0 Å². The molecular weight excluding hydrogens is 269 g/mol. The Morgan fingerprint density at radius 2 is 2.00 bits per heavy atom. The van der Waals surface area contributed by atoms with Gasteiger partial charge in [-0.15, -0.1) is 24.8 Å². The van der Waals surface area contributed by atoms with Crippen LogP contribution in [0.3, 0.4) is 0 Å². The zero-order valence-electron chi connectivity index (χ0n) is 11.0. The minimum Gasteiger partial charge on any atom is -0.364 e. The average Bonchev–Trinajstić information content (AvgIpc) is 2.85. The number of nitrogens with zero attached hydrogens (tertiary/aromatic N) is 1. The van der Waals surface area contributed by atoms with Crippen molar-refractivity contribution in [3.05, 3.63) is 24.0 Å². The number of rotatable bonds is 5. The van der Waals surface area contributed by atoms with Crippen LogP contribution in [0.1, 0.15) is 37.9 Å². The van der Waals surface area contributed by atoms with E-state index in [-0.39, 0.29) is 24.8 Å². The zero-order chi connectivity index (χ0) is 11.2. The summed E-state index contributed by atoms with van der Waals surface area (Å²) in [5, 5.41) is 3.42. The third-order valence-corrected chi connectivity index (χ3v) is 3.40. The molecule has 1 saturated heterocycles. The first-order valence-corrected chi connectivity index (χ1v) is 6.50. The van der Waals surface area contributed by atoms with Crippen molar-refractivity contribution >= 4 is 24.8 Å². The molecule has 18 heavy (non-hydrogen) atoms. The summed E-state index contributed by atoms with van der Waals surface area (Å²) in [6.45, 7) is 6.87. The van der Waals surface area contributed by atoms with Crippen LogP contribution in [0.15, 0.2) is 18.3 Å². The van der Waals surface area contributed by atoms with Gasteiger partial charge >= 0.3 is 0 Å². The lowest BCUT2D eigenvalue weighted by atomic mass is 10.0. The van der Waals surface area contributed by atoms with Gasteiger partial charge in [-0.3, -0.25) is 4.90 Å². The molecule has 2 rings (SSSR count). The molecule has 1 atom stereocenters. The van der Waals surface area contributed by atoms with Gasteiger partial charge < -0.3 is 10.3 Å². The van der Waals surface area contributed by atoms with Gasteiger partial charge in [0.25, 0.3) is 0 Å². The molecule has 3 nitrogen and oxygen atoms in total. The summed E-state index contributed by atoms with van der Waals surface area (Å²) in [6, 6.07) is 4.93. The summed E-state index contributed by atoms with van der Waals surface area (Å²) in [6.07, 6.45) is 5.91.